The number of halogens is 2. The van der Waals surface area contributed by atoms with Gasteiger partial charge in [0.1, 0.15) is 12.6 Å². The van der Waals surface area contributed by atoms with Crippen molar-refractivity contribution in [1.29, 1.82) is 0 Å². The number of sulfonamides is 1. The van der Waals surface area contributed by atoms with Crippen LogP contribution in [0.4, 0.5) is 5.69 Å². The minimum absolute atomic E-state index is 0.0477. The fourth-order valence-corrected chi connectivity index (χ4v) is 6.26. The molecule has 1 aliphatic rings. The van der Waals surface area contributed by atoms with Gasteiger partial charge >= 0.3 is 0 Å². The third-order valence-corrected chi connectivity index (χ3v) is 9.10. The SMILES string of the molecule is CS(=O)(=O)N(CC(=O)N(Cc1ccccc1Cl)[C@@H](Cc1ccccc1)C(=O)NC1CCCC1)c1ccc(Br)cc1. The van der Waals surface area contributed by atoms with E-state index in [0.717, 1.165) is 46.3 Å². The lowest BCUT2D eigenvalue weighted by Gasteiger charge is -2.34. The molecule has 0 aromatic heterocycles. The van der Waals surface area contributed by atoms with Crippen molar-refractivity contribution in [3.63, 3.8) is 0 Å². The van der Waals surface area contributed by atoms with Gasteiger partial charge in [0.25, 0.3) is 0 Å². The molecule has 0 spiro atoms. The van der Waals surface area contributed by atoms with Crippen molar-refractivity contribution in [2.24, 2.45) is 0 Å². The van der Waals surface area contributed by atoms with Crippen molar-refractivity contribution in [3.05, 3.63) is 99.5 Å². The van der Waals surface area contributed by atoms with Gasteiger partial charge in [-0.05, 0) is 54.3 Å². The number of nitrogens with one attached hydrogen (secondary N) is 1. The lowest BCUT2D eigenvalue weighted by Crippen LogP contribution is -2.54. The topological polar surface area (TPSA) is 86.8 Å². The van der Waals surface area contributed by atoms with E-state index in [4.69, 9.17) is 11.6 Å². The molecule has 0 unspecified atom stereocenters. The third-order valence-electron chi connectivity index (χ3n) is 7.06. The summed E-state index contributed by atoms with van der Waals surface area (Å²) in [4.78, 5) is 29.4. The molecular weight excluding hydrogens is 614 g/mol. The monoisotopic (exact) mass is 645 g/mol. The minimum Gasteiger partial charge on any atom is -0.352 e. The maximum Gasteiger partial charge on any atom is 0.244 e. The second kappa shape index (κ2) is 13.7. The average molecular weight is 647 g/mol. The molecule has 3 aromatic rings. The molecule has 10 heteroatoms. The average Bonchev–Trinajstić information content (AvgIpc) is 3.44. The summed E-state index contributed by atoms with van der Waals surface area (Å²) in [5, 5.41) is 3.61. The van der Waals surface area contributed by atoms with Crippen molar-refractivity contribution >= 4 is 55.1 Å². The quantitative estimate of drug-likeness (QED) is 0.295. The lowest BCUT2D eigenvalue weighted by molar-refractivity contribution is -0.140. The highest BCUT2D eigenvalue weighted by atomic mass is 79.9. The van der Waals surface area contributed by atoms with Crippen LogP contribution in [0.2, 0.25) is 5.02 Å². The van der Waals surface area contributed by atoms with Gasteiger partial charge in [0.05, 0.1) is 11.9 Å². The van der Waals surface area contributed by atoms with E-state index in [1.54, 1.807) is 42.5 Å². The van der Waals surface area contributed by atoms with Gasteiger partial charge in [-0.15, -0.1) is 0 Å². The van der Waals surface area contributed by atoms with Crippen LogP contribution in [0.15, 0.2) is 83.3 Å². The molecule has 40 heavy (non-hydrogen) atoms. The minimum atomic E-state index is -3.82. The molecule has 3 aromatic carbocycles. The van der Waals surface area contributed by atoms with Crippen molar-refractivity contribution in [3.8, 4) is 0 Å². The Morgan fingerprint density at radius 3 is 2.23 bits per heavy atom. The van der Waals surface area contributed by atoms with E-state index in [1.807, 2.05) is 36.4 Å². The Morgan fingerprint density at radius 2 is 1.60 bits per heavy atom. The Kier molecular flexibility index (Phi) is 10.3. The summed E-state index contributed by atoms with van der Waals surface area (Å²) < 4.78 is 27.6. The molecule has 0 saturated heterocycles. The van der Waals surface area contributed by atoms with Crippen molar-refractivity contribution < 1.29 is 18.0 Å². The number of carbonyl (C=O) groups is 2. The number of rotatable bonds is 11. The second-order valence-corrected chi connectivity index (χ2v) is 13.3. The fraction of sp³-hybridized carbons (Fsp3) is 0.333. The van der Waals surface area contributed by atoms with Crippen LogP contribution < -0.4 is 9.62 Å². The molecule has 0 heterocycles. The molecule has 1 fully saturated rings. The van der Waals surface area contributed by atoms with Crippen LogP contribution in [-0.4, -0.2) is 50.0 Å². The number of hydrogen-bond donors (Lipinski definition) is 1. The number of hydrogen-bond acceptors (Lipinski definition) is 4. The van der Waals surface area contributed by atoms with Gasteiger partial charge in [-0.25, -0.2) is 8.42 Å². The Labute approximate surface area is 249 Å². The number of anilines is 1. The Morgan fingerprint density at radius 1 is 0.975 bits per heavy atom. The first-order valence-corrected chi connectivity index (χ1v) is 16.2. The van der Waals surface area contributed by atoms with E-state index >= 15 is 0 Å². The molecule has 7 nitrogen and oxygen atoms in total. The number of amides is 2. The van der Waals surface area contributed by atoms with Crippen LogP contribution >= 0.6 is 27.5 Å². The van der Waals surface area contributed by atoms with Gasteiger partial charge in [-0.2, -0.15) is 0 Å². The standard InChI is InChI=1S/C30H33BrClN3O4S/c1-40(38,39)35(26-17-15-24(31)16-18-26)21-29(36)34(20-23-11-5-8-14-27(23)32)28(19-22-9-3-2-4-10-22)30(37)33-25-12-6-7-13-25/h2-5,8-11,14-18,25,28H,6-7,12-13,19-21H2,1H3,(H,33,37)/t28-/m0/s1. The Hall–Kier alpha value is -2.88. The molecule has 1 N–H and O–H groups in total. The third kappa shape index (κ3) is 8.08. The summed E-state index contributed by atoms with van der Waals surface area (Å²) in [6.07, 6.45) is 5.23. The highest BCUT2D eigenvalue weighted by Crippen LogP contribution is 2.25. The molecule has 0 aliphatic heterocycles. The highest BCUT2D eigenvalue weighted by molar-refractivity contribution is 9.10. The van der Waals surface area contributed by atoms with E-state index in [1.165, 1.54) is 4.90 Å². The molecule has 0 radical (unpaired) electrons. The van der Waals surface area contributed by atoms with Crippen LogP contribution in [0, 0.1) is 0 Å². The molecule has 212 valence electrons. The van der Waals surface area contributed by atoms with Crippen molar-refractivity contribution in [2.45, 2.75) is 50.7 Å². The normalized spacial score (nSPS) is 14.5. The van der Waals surface area contributed by atoms with Crippen molar-refractivity contribution in [2.75, 3.05) is 17.1 Å². The summed E-state index contributed by atoms with van der Waals surface area (Å²) in [6, 6.07) is 22.5. The summed E-state index contributed by atoms with van der Waals surface area (Å²) in [5.74, 6) is -0.763. The van der Waals surface area contributed by atoms with Crippen molar-refractivity contribution in [1.82, 2.24) is 10.2 Å². The van der Waals surface area contributed by atoms with E-state index < -0.39 is 28.5 Å². The maximum absolute atomic E-state index is 14.1. The van der Waals surface area contributed by atoms with Gasteiger partial charge in [0.2, 0.25) is 21.8 Å². The van der Waals surface area contributed by atoms with Gasteiger partial charge in [0.15, 0.2) is 0 Å². The van der Waals surface area contributed by atoms with E-state index in [-0.39, 0.29) is 24.9 Å². The van der Waals surface area contributed by atoms with Crippen LogP contribution in [0.1, 0.15) is 36.8 Å². The van der Waals surface area contributed by atoms with Crippen LogP contribution in [0.3, 0.4) is 0 Å². The van der Waals surface area contributed by atoms with E-state index in [2.05, 4.69) is 21.2 Å². The molecule has 2 amide bonds. The van der Waals surface area contributed by atoms with E-state index in [9.17, 15) is 18.0 Å². The first kappa shape index (κ1) is 30.1. The maximum atomic E-state index is 14.1. The van der Waals surface area contributed by atoms with Gasteiger partial charge < -0.3 is 10.2 Å². The van der Waals surface area contributed by atoms with Crippen LogP contribution in [0.5, 0.6) is 0 Å². The number of nitrogens with zero attached hydrogens (tertiary/aromatic N) is 2. The lowest BCUT2D eigenvalue weighted by atomic mass is 10.0. The number of carbonyl (C=O) groups excluding carboxylic acids is 2. The van der Waals surface area contributed by atoms with Crippen LogP contribution in [0.25, 0.3) is 0 Å². The summed E-state index contributed by atoms with van der Waals surface area (Å²) in [7, 11) is -3.82. The van der Waals surface area contributed by atoms with E-state index in [0.29, 0.717) is 16.3 Å². The second-order valence-electron chi connectivity index (χ2n) is 10.1. The molecule has 0 bridgehead atoms. The first-order chi connectivity index (χ1) is 19.1. The summed E-state index contributed by atoms with van der Waals surface area (Å²) in [6.45, 7) is -0.418. The molecular formula is C30H33BrClN3O4S. The zero-order valence-electron chi connectivity index (χ0n) is 22.3. The highest BCUT2D eigenvalue weighted by Gasteiger charge is 2.34. The zero-order chi connectivity index (χ0) is 28.7. The molecule has 1 saturated carbocycles. The van der Waals surface area contributed by atoms with Gasteiger partial charge in [0, 0.05) is 28.5 Å². The zero-order valence-corrected chi connectivity index (χ0v) is 25.5. The number of benzene rings is 3. The first-order valence-electron chi connectivity index (χ1n) is 13.2. The summed E-state index contributed by atoms with van der Waals surface area (Å²) in [5.41, 5.74) is 1.91. The Bertz CT molecular complexity index is 1410. The predicted molar refractivity (Wildman–Crippen MR) is 163 cm³/mol. The molecule has 1 atom stereocenters. The smallest absolute Gasteiger partial charge is 0.244 e. The van der Waals surface area contributed by atoms with Gasteiger partial charge in [-0.1, -0.05) is 88.9 Å². The van der Waals surface area contributed by atoms with Gasteiger partial charge in [-0.3, -0.25) is 13.9 Å². The van der Waals surface area contributed by atoms with Crippen LogP contribution in [-0.2, 0) is 32.6 Å². The largest absolute Gasteiger partial charge is 0.352 e. The molecule has 1 aliphatic carbocycles. The molecule has 4 rings (SSSR count). The fourth-order valence-electron chi connectivity index (χ4n) is 4.95. The Balaban J connectivity index is 1.72. The summed E-state index contributed by atoms with van der Waals surface area (Å²) >= 11 is 9.86. The predicted octanol–water partition coefficient (Wildman–Crippen LogP) is 5.57.